The van der Waals surface area contributed by atoms with Crippen LogP contribution in [0.4, 0.5) is 0 Å². The second kappa shape index (κ2) is 11.3. The van der Waals surface area contributed by atoms with Crippen LogP contribution in [0, 0.1) is 18.3 Å². The summed E-state index contributed by atoms with van der Waals surface area (Å²) >= 11 is 12.6. The summed E-state index contributed by atoms with van der Waals surface area (Å²) in [6.45, 7) is 5.99. The number of hydrogen-bond acceptors (Lipinski definition) is 4. The molecule has 38 heavy (non-hydrogen) atoms. The number of carbonyl (C=O) groups is 1. The molecule has 0 bridgehead atoms. The van der Waals surface area contributed by atoms with Crippen molar-refractivity contribution in [3.05, 3.63) is 110 Å². The van der Waals surface area contributed by atoms with Gasteiger partial charge in [0.05, 0.1) is 24.4 Å². The van der Waals surface area contributed by atoms with Gasteiger partial charge in [0.2, 0.25) is 0 Å². The number of methoxy groups -OCH3 is 1. The van der Waals surface area contributed by atoms with E-state index in [4.69, 9.17) is 27.9 Å². The molecule has 6 nitrogen and oxygen atoms in total. The van der Waals surface area contributed by atoms with E-state index in [1.165, 1.54) is 7.11 Å². The maximum Gasteiger partial charge on any atom is 0.356 e. The molecular formula is C30H27Cl2N3O3. The highest BCUT2D eigenvalue weighted by molar-refractivity contribution is 6.30. The van der Waals surface area contributed by atoms with Gasteiger partial charge in [-0.1, -0.05) is 55.2 Å². The molecule has 0 amide bonds. The Morgan fingerprint density at radius 3 is 2.37 bits per heavy atom. The molecule has 8 heteroatoms. The number of halogens is 2. The highest BCUT2D eigenvalue weighted by Gasteiger charge is 2.32. The van der Waals surface area contributed by atoms with Crippen molar-refractivity contribution in [2.24, 2.45) is 0 Å². The van der Waals surface area contributed by atoms with E-state index in [2.05, 4.69) is 11.2 Å². The lowest BCUT2D eigenvalue weighted by Crippen LogP contribution is -2.14. The Morgan fingerprint density at radius 2 is 1.76 bits per heavy atom. The summed E-state index contributed by atoms with van der Waals surface area (Å²) in [5.41, 5.74) is 5.11. The highest BCUT2D eigenvalue weighted by atomic mass is 35.5. The molecule has 0 saturated carbocycles. The molecule has 0 aliphatic heterocycles. The van der Waals surface area contributed by atoms with Crippen molar-refractivity contribution in [3.63, 3.8) is 0 Å². The minimum Gasteiger partial charge on any atom is -0.494 e. The van der Waals surface area contributed by atoms with Crippen LogP contribution in [0.2, 0.25) is 10.0 Å². The van der Waals surface area contributed by atoms with Crippen molar-refractivity contribution >= 4 is 29.2 Å². The number of ether oxygens (including phenoxy) is 1. The van der Waals surface area contributed by atoms with E-state index < -0.39 is 5.97 Å². The molecule has 4 rings (SSSR count). The zero-order valence-corrected chi connectivity index (χ0v) is 23.0. The van der Waals surface area contributed by atoms with E-state index >= 15 is 0 Å². The quantitative estimate of drug-likeness (QED) is 0.245. The molecule has 0 fully saturated rings. The Kier molecular flexibility index (Phi) is 8.11. The number of carboxylic acid groups (broad SMARTS) is 1. The van der Waals surface area contributed by atoms with Crippen molar-refractivity contribution in [1.29, 1.82) is 5.26 Å². The molecule has 1 unspecified atom stereocenters. The molecule has 194 valence electrons. The van der Waals surface area contributed by atoms with Crippen LogP contribution in [0.15, 0.2) is 60.7 Å². The van der Waals surface area contributed by atoms with Crippen molar-refractivity contribution in [2.45, 2.75) is 39.0 Å². The lowest BCUT2D eigenvalue weighted by atomic mass is 9.82. The first kappa shape index (κ1) is 27.3. The second-order valence-corrected chi connectivity index (χ2v) is 10.3. The van der Waals surface area contributed by atoms with E-state index in [1.54, 1.807) is 35.0 Å². The molecule has 3 aromatic carbocycles. The standard InChI is InChI=1S/C30H27Cl2N3O3/c1-17(2)29-27(28(30(36)37)34-35(29)25-13-19(16-33)6-12-26(25)38-4)24(20-7-10-22(31)11-8-20)15-21-14-23(32)9-5-18(21)3/h5-14,17,24H,15H2,1-4H3,(H,36,37). The van der Waals surface area contributed by atoms with Crippen molar-refractivity contribution in [2.75, 3.05) is 7.11 Å². The van der Waals surface area contributed by atoms with Crippen LogP contribution in [0.25, 0.3) is 5.69 Å². The first-order chi connectivity index (χ1) is 18.1. The predicted molar refractivity (Wildman–Crippen MR) is 149 cm³/mol. The first-order valence-corrected chi connectivity index (χ1v) is 12.8. The topological polar surface area (TPSA) is 88.1 Å². The zero-order chi connectivity index (χ0) is 27.6. The Hall–Kier alpha value is -3.79. The summed E-state index contributed by atoms with van der Waals surface area (Å²) in [4.78, 5) is 12.7. The van der Waals surface area contributed by atoms with Crippen molar-refractivity contribution in [3.8, 4) is 17.5 Å². The second-order valence-electron chi connectivity index (χ2n) is 9.40. The zero-order valence-electron chi connectivity index (χ0n) is 21.5. The largest absolute Gasteiger partial charge is 0.494 e. The lowest BCUT2D eigenvalue weighted by Gasteiger charge is -2.23. The minimum atomic E-state index is -1.14. The summed E-state index contributed by atoms with van der Waals surface area (Å²) in [7, 11) is 1.53. The molecule has 1 aromatic heterocycles. The van der Waals surface area contributed by atoms with Gasteiger partial charge in [0.1, 0.15) is 11.4 Å². The number of benzene rings is 3. The predicted octanol–water partition coefficient (Wildman–Crippen LogP) is 7.56. The maximum atomic E-state index is 12.7. The smallest absolute Gasteiger partial charge is 0.356 e. The van der Waals surface area contributed by atoms with Crippen LogP contribution in [0.5, 0.6) is 5.75 Å². The number of aromatic carboxylic acids is 1. The van der Waals surface area contributed by atoms with E-state index in [-0.39, 0.29) is 17.5 Å². The van der Waals surface area contributed by atoms with Gasteiger partial charge in [0.15, 0.2) is 5.69 Å². The number of nitriles is 1. The summed E-state index contributed by atoms with van der Waals surface area (Å²) in [6, 6.07) is 20.3. The fourth-order valence-corrected chi connectivity index (χ4v) is 5.09. The van der Waals surface area contributed by atoms with Gasteiger partial charge in [-0.2, -0.15) is 10.4 Å². The SMILES string of the molecule is COc1ccc(C#N)cc1-n1nc(C(=O)O)c(C(Cc2cc(Cl)ccc2C)c2ccc(Cl)cc2)c1C(C)C. The van der Waals surface area contributed by atoms with Gasteiger partial charge < -0.3 is 9.84 Å². The summed E-state index contributed by atoms with van der Waals surface area (Å²) in [6.07, 6.45) is 0.495. The van der Waals surface area contributed by atoms with E-state index in [0.717, 1.165) is 22.4 Å². The fourth-order valence-electron chi connectivity index (χ4n) is 4.77. The Bertz CT molecular complexity index is 1540. The normalized spacial score (nSPS) is 11.8. The fraction of sp³-hybridized carbons (Fsp3) is 0.233. The number of rotatable bonds is 8. The van der Waals surface area contributed by atoms with Crippen molar-refractivity contribution in [1.82, 2.24) is 9.78 Å². The summed E-state index contributed by atoms with van der Waals surface area (Å²) in [5.74, 6) is -1.15. The molecule has 0 spiro atoms. The van der Waals surface area contributed by atoms with Crippen LogP contribution in [-0.4, -0.2) is 28.0 Å². The molecular weight excluding hydrogens is 521 g/mol. The molecule has 1 N–H and O–H groups in total. The monoisotopic (exact) mass is 547 g/mol. The van der Waals surface area contributed by atoms with E-state index in [9.17, 15) is 15.2 Å². The van der Waals surface area contributed by atoms with Gasteiger partial charge >= 0.3 is 5.97 Å². The molecule has 0 radical (unpaired) electrons. The first-order valence-electron chi connectivity index (χ1n) is 12.1. The van der Waals surface area contributed by atoms with Gasteiger partial charge in [0, 0.05) is 21.5 Å². The van der Waals surface area contributed by atoms with Crippen LogP contribution in [0.3, 0.4) is 0 Å². The van der Waals surface area contributed by atoms with Crippen LogP contribution >= 0.6 is 23.2 Å². The number of carboxylic acids is 1. The third kappa shape index (κ3) is 5.40. The minimum absolute atomic E-state index is 0.0576. The van der Waals surface area contributed by atoms with Crippen molar-refractivity contribution < 1.29 is 14.6 Å². The third-order valence-electron chi connectivity index (χ3n) is 6.60. The Balaban J connectivity index is 2.05. The summed E-state index contributed by atoms with van der Waals surface area (Å²) < 4.78 is 7.19. The van der Waals surface area contributed by atoms with E-state index in [0.29, 0.717) is 39.0 Å². The highest BCUT2D eigenvalue weighted by Crippen LogP contribution is 2.40. The number of nitrogens with zero attached hydrogens (tertiary/aromatic N) is 3. The number of hydrogen-bond donors (Lipinski definition) is 1. The third-order valence-corrected chi connectivity index (χ3v) is 7.09. The molecule has 0 aliphatic rings. The average molecular weight is 548 g/mol. The van der Waals surface area contributed by atoms with Crippen LogP contribution in [0.1, 0.15) is 69.7 Å². The van der Waals surface area contributed by atoms with Gasteiger partial charge in [-0.3, -0.25) is 0 Å². The molecule has 0 aliphatic carbocycles. The van der Waals surface area contributed by atoms with Gasteiger partial charge in [0.25, 0.3) is 0 Å². The van der Waals surface area contributed by atoms with Gasteiger partial charge in [-0.15, -0.1) is 0 Å². The lowest BCUT2D eigenvalue weighted by molar-refractivity contribution is 0.0688. The average Bonchev–Trinajstić information content (AvgIpc) is 3.30. The molecule has 1 heterocycles. The Labute approximate surface area is 232 Å². The molecule has 0 saturated heterocycles. The van der Waals surface area contributed by atoms with Crippen LogP contribution in [-0.2, 0) is 6.42 Å². The molecule has 4 aromatic rings. The number of aromatic nitrogens is 2. The van der Waals surface area contributed by atoms with Crippen LogP contribution < -0.4 is 4.74 Å². The number of aryl methyl sites for hydroxylation is 1. The van der Waals surface area contributed by atoms with Gasteiger partial charge in [-0.25, -0.2) is 9.48 Å². The van der Waals surface area contributed by atoms with Gasteiger partial charge in [-0.05, 0) is 78.4 Å². The molecule has 1 atom stereocenters. The van der Waals surface area contributed by atoms with E-state index in [1.807, 2.05) is 51.1 Å². The summed E-state index contributed by atoms with van der Waals surface area (Å²) in [5, 5.41) is 25.7. The maximum absolute atomic E-state index is 12.7. The Morgan fingerprint density at radius 1 is 1.08 bits per heavy atom.